The summed E-state index contributed by atoms with van der Waals surface area (Å²) in [6.45, 7) is 3.27. The Kier molecular flexibility index (Phi) is 3.39. The smallest absolute Gasteiger partial charge is 0.168 e. The first kappa shape index (κ1) is 10.4. The highest BCUT2D eigenvalue weighted by molar-refractivity contribution is 8.16. The second kappa shape index (κ2) is 4.58. The van der Waals surface area contributed by atoms with E-state index in [-0.39, 0.29) is 0 Å². The van der Waals surface area contributed by atoms with Gasteiger partial charge < -0.3 is 4.90 Å². The molecule has 0 aliphatic carbocycles. The maximum atomic E-state index is 5.85. The maximum absolute atomic E-state index is 5.85. The molecule has 0 N–H and O–H groups in total. The van der Waals surface area contributed by atoms with Gasteiger partial charge in [-0.3, -0.25) is 4.99 Å². The van der Waals surface area contributed by atoms with E-state index in [1.165, 1.54) is 25.0 Å². The molecular weight excluding hydrogens is 216 g/mol. The van der Waals surface area contributed by atoms with Crippen molar-refractivity contribution in [2.24, 2.45) is 4.99 Å². The standard InChI is InChI=1S/C10H15ClN2S/c1-2-3-4-8-6-13-9(5-11)7-14-10(13)12-8/h7-8H,2-6H2,1H3. The number of aliphatic imine (C=N–C) groups is 1. The molecule has 0 spiro atoms. The predicted molar refractivity (Wildman–Crippen MR) is 63.8 cm³/mol. The van der Waals surface area contributed by atoms with E-state index in [0.717, 1.165) is 11.7 Å². The Balaban J connectivity index is 1.92. The maximum Gasteiger partial charge on any atom is 0.168 e. The van der Waals surface area contributed by atoms with Gasteiger partial charge in [-0.25, -0.2) is 0 Å². The second-order valence-electron chi connectivity index (χ2n) is 3.68. The van der Waals surface area contributed by atoms with Gasteiger partial charge in [-0.05, 0) is 11.8 Å². The first-order valence-corrected chi connectivity index (χ1v) is 6.53. The monoisotopic (exact) mass is 230 g/mol. The zero-order chi connectivity index (χ0) is 9.97. The predicted octanol–water partition coefficient (Wildman–Crippen LogP) is 3.04. The van der Waals surface area contributed by atoms with Crippen LogP contribution < -0.4 is 0 Å². The van der Waals surface area contributed by atoms with Crippen molar-refractivity contribution < 1.29 is 0 Å². The van der Waals surface area contributed by atoms with Gasteiger partial charge in [-0.2, -0.15) is 0 Å². The van der Waals surface area contributed by atoms with Gasteiger partial charge in [0, 0.05) is 12.2 Å². The van der Waals surface area contributed by atoms with Crippen molar-refractivity contribution in [1.29, 1.82) is 0 Å². The summed E-state index contributed by atoms with van der Waals surface area (Å²) in [5.41, 5.74) is 1.22. The van der Waals surface area contributed by atoms with E-state index < -0.39 is 0 Å². The molecule has 2 aliphatic heterocycles. The fourth-order valence-corrected chi connectivity index (χ4v) is 3.07. The summed E-state index contributed by atoms with van der Waals surface area (Å²) >= 11 is 7.56. The highest BCUT2D eigenvalue weighted by Crippen LogP contribution is 2.32. The molecule has 0 saturated carbocycles. The molecule has 4 heteroatoms. The van der Waals surface area contributed by atoms with Crippen LogP contribution in [0.3, 0.4) is 0 Å². The molecule has 2 aliphatic rings. The van der Waals surface area contributed by atoms with E-state index in [4.69, 9.17) is 11.6 Å². The van der Waals surface area contributed by atoms with Crippen LogP contribution in [-0.2, 0) is 0 Å². The topological polar surface area (TPSA) is 15.6 Å². The van der Waals surface area contributed by atoms with E-state index in [2.05, 4.69) is 22.2 Å². The zero-order valence-corrected chi connectivity index (χ0v) is 9.94. The lowest BCUT2D eigenvalue weighted by atomic mass is 10.1. The minimum absolute atomic E-state index is 0.504. The quantitative estimate of drug-likeness (QED) is 0.690. The number of halogens is 1. The van der Waals surface area contributed by atoms with E-state index in [0.29, 0.717) is 11.9 Å². The Bertz CT molecular complexity index is 275. The molecule has 14 heavy (non-hydrogen) atoms. The lowest BCUT2D eigenvalue weighted by molar-refractivity contribution is 0.484. The van der Waals surface area contributed by atoms with Gasteiger partial charge in [0.05, 0.1) is 11.9 Å². The summed E-state index contributed by atoms with van der Waals surface area (Å²) in [6, 6.07) is 0.504. The fraction of sp³-hybridized carbons (Fsp3) is 0.700. The van der Waals surface area contributed by atoms with Crippen molar-refractivity contribution in [2.75, 3.05) is 12.4 Å². The number of amidine groups is 1. The van der Waals surface area contributed by atoms with Crippen LogP contribution in [0, 0.1) is 0 Å². The number of fused-ring (bicyclic) bond motifs is 1. The number of thioether (sulfide) groups is 1. The van der Waals surface area contributed by atoms with Crippen molar-refractivity contribution in [2.45, 2.75) is 32.2 Å². The van der Waals surface area contributed by atoms with Gasteiger partial charge in [-0.15, -0.1) is 11.6 Å². The second-order valence-corrected chi connectivity index (χ2v) is 4.78. The number of alkyl halides is 1. The van der Waals surface area contributed by atoms with Gasteiger partial charge in [0.1, 0.15) is 0 Å². The minimum Gasteiger partial charge on any atom is -0.321 e. The van der Waals surface area contributed by atoms with Gasteiger partial charge in [-0.1, -0.05) is 31.5 Å². The Morgan fingerprint density at radius 1 is 1.71 bits per heavy atom. The van der Waals surface area contributed by atoms with Crippen LogP contribution in [0.15, 0.2) is 16.1 Å². The number of nitrogens with zero attached hydrogens (tertiary/aromatic N) is 2. The Morgan fingerprint density at radius 3 is 3.29 bits per heavy atom. The molecule has 1 atom stereocenters. The molecule has 78 valence electrons. The van der Waals surface area contributed by atoms with Crippen LogP contribution in [0.5, 0.6) is 0 Å². The molecule has 0 aromatic rings. The average Bonchev–Trinajstić information content (AvgIpc) is 2.73. The largest absolute Gasteiger partial charge is 0.321 e. The third-order valence-corrected chi connectivity index (χ3v) is 3.79. The number of hydrogen-bond acceptors (Lipinski definition) is 3. The molecule has 2 heterocycles. The van der Waals surface area contributed by atoms with Crippen LogP contribution in [0.1, 0.15) is 26.2 Å². The van der Waals surface area contributed by atoms with Crippen LogP contribution >= 0.6 is 23.4 Å². The van der Waals surface area contributed by atoms with E-state index >= 15 is 0 Å². The Labute approximate surface area is 94.4 Å². The number of unbranched alkanes of at least 4 members (excludes halogenated alkanes) is 1. The van der Waals surface area contributed by atoms with Gasteiger partial charge in [0.25, 0.3) is 0 Å². The van der Waals surface area contributed by atoms with E-state index in [1.807, 2.05) is 0 Å². The lowest BCUT2D eigenvalue weighted by Crippen LogP contribution is -2.24. The zero-order valence-electron chi connectivity index (χ0n) is 8.37. The molecule has 0 saturated heterocycles. The molecule has 0 aromatic carbocycles. The minimum atomic E-state index is 0.504. The first-order valence-electron chi connectivity index (χ1n) is 5.12. The summed E-state index contributed by atoms with van der Waals surface area (Å²) in [5.74, 6) is 0.604. The summed E-state index contributed by atoms with van der Waals surface area (Å²) in [4.78, 5) is 6.94. The highest BCUT2D eigenvalue weighted by atomic mass is 35.5. The average molecular weight is 231 g/mol. The molecule has 0 bridgehead atoms. The molecule has 1 unspecified atom stereocenters. The van der Waals surface area contributed by atoms with Crippen molar-refractivity contribution in [1.82, 2.24) is 4.90 Å². The summed E-state index contributed by atoms with van der Waals surface area (Å²) < 4.78 is 0. The number of allylic oxidation sites excluding steroid dienone is 1. The third-order valence-electron chi connectivity index (χ3n) is 2.59. The van der Waals surface area contributed by atoms with Crippen LogP contribution in [0.2, 0.25) is 0 Å². The third kappa shape index (κ3) is 1.94. The SMILES string of the molecule is CCCCC1CN2C(CCl)=CSC2=N1. The molecule has 2 rings (SSSR count). The van der Waals surface area contributed by atoms with E-state index in [9.17, 15) is 0 Å². The van der Waals surface area contributed by atoms with E-state index in [1.54, 1.807) is 11.8 Å². The van der Waals surface area contributed by atoms with Crippen LogP contribution in [0.25, 0.3) is 0 Å². The van der Waals surface area contributed by atoms with Crippen molar-refractivity contribution in [3.8, 4) is 0 Å². The highest BCUT2D eigenvalue weighted by Gasteiger charge is 2.30. The fourth-order valence-electron chi connectivity index (χ4n) is 1.77. The van der Waals surface area contributed by atoms with Gasteiger partial charge in [0.15, 0.2) is 5.17 Å². The molecule has 0 radical (unpaired) electrons. The Morgan fingerprint density at radius 2 is 2.57 bits per heavy atom. The Hall–Kier alpha value is -0.150. The molecular formula is C10H15ClN2S. The van der Waals surface area contributed by atoms with Crippen molar-refractivity contribution in [3.63, 3.8) is 0 Å². The van der Waals surface area contributed by atoms with Gasteiger partial charge in [0.2, 0.25) is 0 Å². The van der Waals surface area contributed by atoms with Gasteiger partial charge >= 0.3 is 0 Å². The van der Waals surface area contributed by atoms with Crippen molar-refractivity contribution in [3.05, 3.63) is 11.1 Å². The van der Waals surface area contributed by atoms with Crippen LogP contribution in [-0.4, -0.2) is 28.5 Å². The molecule has 0 fully saturated rings. The summed E-state index contributed by atoms with van der Waals surface area (Å²) in [7, 11) is 0. The summed E-state index contributed by atoms with van der Waals surface area (Å²) in [5, 5.41) is 3.27. The van der Waals surface area contributed by atoms with Crippen LogP contribution in [0.4, 0.5) is 0 Å². The number of hydrogen-bond donors (Lipinski definition) is 0. The summed E-state index contributed by atoms with van der Waals surface area (Å²) in [6.07, 6.45) is 3.75. The molecule has 2 nitrogen and oxygen atoms in total. The normalized spacial score (nSPS) is 25.0. The lowest BCUT2D eigenvalue weighted by Gasteiger charge is -2.15. The number of rotatable bonds is 4. The first-order chi connectivity index (χ1) is 6.85. The molecule has 0 amide bonds. The van der Waals surface area contributed by atoms with Crippen molar-refractivity contribution >= 4 is 28.5 Å². The molecule has 0 aromatic heterocycles.